The summed E-state index contributed by atoms with van der Waals surface area (Å²) >= 11 is 0. The molecular weight excluding hydrogens is 404 g/mol. The van der Waals surface area contributed by atoms with E-state index in [0.29, 0.717) is 5.92 Å². The van der Waals surface area contributed by atoms with Crippen LogP contribution in [-0.2, 0) is 9.53 Å². The first-order chi connectivity index (χ1) is 15.5. The Balaban J connectivity index is 2.65. The van der Waals surface area contributed by atoms with Crippen LogP contribution in [0.25, 0.3) is 0 Å². The van der Waals surface area contributed by atoms with Gasteiger partial charge in [0.1, 0.15) is 0 Å². The molecule has 0 spiro atoms. The van der Waals surface area contributed by atoms with Crippen molar-refractivity contribution >= 4 is 5.97 Å². The number of carbonyl (C=O) groups excluding carboxylic acids is 1. The second-order valence-electron chi connectivity index (χ2n) is 10.9. The standard InChI is InChI=1S/C31H50O2/c1-23(2)14-10-16-25(5)18-12-19-27(7)22-28-29(30(32)33-9)31(28,8)21-13-20-26(6)17-11-15-24(3)4/h14-15,18,20,22,28-29H,10-13,16-17,19,21H2,1-9H3/b25-18+,26-20+,27-22+/t28-,29+,31+/m1/s1. The molecule has 1 saturated carbocycles. The van der Waals surface area contributed by atoms with Gasteiger partial charge in [0, 0.05) is 0 Å². The summed E-state index contributed by atoms with van der Waals surface area (Å²) in [4.78, 5) is 12.4. The number of rotatable bonds is 14. The number of ether oxygens (including phenoxy) is 1. The average Bonchev–Trinajstić information content (AvgIpc) is 3.29. The van der Waals surface area contributed by atoms with Crippen molar-refractivity contribution in [3.63, 3.8) is 0 Å². The maximum Gasteiger partial charge on any atom is 0.309 e. The highest BCUT2D eigenvalue weighted by atomic mass is 16.5. The molecule has 1 rings (SSSR count). The molecule has 0 radical (unpaired) electrons. The van der Waals surface area contributed by atoms with E-state index in [9.17, 15) is 4.79 Å². The minimum Gasteiger partial charge on any atom is -0.469 e. The molecule has 0 amide bonds. The van der Waals surface area contributed by atoms with E-state index in [4.69, 9.17) is 4.74 Å². The fourth-order valence-corrected chi connectivity index (χ4v) is 4.70. The molecule has 1 aliphatic rings. The molecule has 1 fully saturated rings. The Bertz CT molecular complexity index is 782. The third-order valence-corrected chi connectivity index (χ3v) is 7.03. The smallest absolute Gasteiger partial charge is 0.309 e. The predicted octanol–water partition coefficient (Wildman–Crippen LogP) is 9.30. The van der Waals surface area contributed by atoms with Gasteiger partial charge in [0.25, 0.3) is 0 Å². The van der Waals surface area contributed by atoms with Crippen LogP contribution in [0.3, 0.4) is 0 Å². The molecular formula is C31H50O2. The lowest BCUT2D eigenvalue weighted by molar-refractivity contribution is -0.143. The summed E-state index contributed by atoms with van der Waals surface area (Å²) in [6, 6.07) is 0. The molecule has 0 unspecified atom stereocenters. The minimum absolute atomic E-state index is 0.00169. The van der Waals surface area contributed by atoms with E-state index in [1.807, 2.05) is 0 Å². The molecule has 186 valence electrons. The summed E-state index contributed by atoms with van der Waals surface area (Å²) in [7, 11) is 1.52. The summed E-state index contributed by atoms with van der Waals surface area (Å²) in [5.41, 5.74) is 7.09. The maximum atomic E-state index is 12.4. The van der Waals surface area contributed by atoms with Gasteiger partial charge in [0.05, 0.1) is 13.0 Å². The SMILES string of the molecule is COC(=O)[C@@H]1[C@@H](/C=C(\C)CC/C=C(\C)CCC=C(C)C)[C@]1(C)CC/C=C(\C)CCC=C(C)C. The number of esters is 1. The first kappa shape index (κ1) is 29.2. The molecule has 0 aromatic heterocycles. The van der Waals surface area contributed by atoms with Crippen LogP contribution in [0.5, 0.6) is 0 Å². The van der Waals surface area contributed by atoms with E-state index in [0.717, 1.165) is 51.4 Å². The van der Waals surface area contributed by atoms with Crippen LogP contribution in [0.1, 0.15) is 107 Å². The highest BCUT2D eigenvalue weighted by Crippen LogP contribution is 2.63. The fourth-order valence-electron chi connectivity index (χ4n) is 4.70. The monoisotopic (exact) mass is 454 g/mol. The van der Waals surface area contributed by atoms with Crippen LogP contribution >= 0.6 is 0 Å². The van der Waals surface area contributed by atoms with Crippen molar-refractivity contribution in [3.8, 4) is 0 Å². The first-order valence-electron chi connectivity index (χ1n) is 12.8. The minimum atomic E-state index is -0.0502. The number of hydrogen-bond acceptors (Lipinski definition) is 2. The van der Waals surface area contributed by atoms with Crippen molar-refractivity contribution in [2.75, 3.05) is 7.11 Å². The van der Waals surface area contributed by atoms with E-state index in [1.165, 1.54) is 35.0 Å². The molecule has 2 heteroatoms. The highest BCUT2D eigenvalue weighted by Gasteiger charge is 2.63. The van der Waals surface area contributed by atoms with Gasteiger partial charge in [-0.15, -0.1) is 0 Å². The number of allylic oxidation sites excluding steroid dienone is 10. The van der Waals surface area contributed by atoms with Crippen LogP contribution < -0.4 is 0 Å². The zero-order chi connectivity index (χ0) is 25.0. The lowest BCUT2D eigenvalue weighted by Crippen LogP contribution is -2.09. The van der Waals surface area contributed by atoms with E-state index in [2.05, 4.69) is 85.8 Å². The highest BCUT2D eigenvalue weighted by molar-refractivity contribution is 5.78. The van der Waals surface area contributed by atoms with Crippen molar-refractivity contribution in [1.29, 1.82) is 0 Å². The van der Waals surface area contributed by atoms with E-state index in [1.54, 1.807) is 0 Å². The molecule has 0 saturated heterocycles. The maximum absolute atomic E-state index is 12.4. The predicted molar refractivity (Wildman–Crippen MR) is 144 cm³/mol. The zero-order valence-electron chi connectivity index (χ0n) is 23.0. The van der Waals surface area contributed by atoms with Gasteiger partial charge in [0.2, 0.25) is 0 Å². The summed E-state index contributed by atoms with van der Waals surface area (Å²) in [5, 5.41) is 0. The summed E-state index contributed by atoms with van der Waals surface area (Å²) in [5.74, 6) is 0.246. The van der Waals surface area contributed by atoms with Gasteiger partial charge in [-0.1, -0.05) is 65.2 Å². The number of methoxy groups -OCH3 is 1. The van der Waals surface area contributed by atoms with Gasteiger partial charge in [-0.3, -0.25) is 4.79 Å². The number of hydrogen-bond donors (Lipinski definition) is 0. The van der Waals surface area contributed by atoms with Gasteiger partial charge < -0.3 is 4.74 Å². The molecule has 1 aliphatic carbocycles. The Kier molecular flexibility index (Phi) is 12.8. The van der Waals surface area contributed by atoms with Crippen molar-refractivity contribution < 1.29 is 9.53 Å². The zero-order valence-corrected chi connectivity index (χ0v) is 23.0. The Morgan fingerprint density at radius 3 is 1.67 bits per heavy atom. The van der Waals surface area contributed by atoms with Gasteiger partial charge in [0.15, 0.2) is 0 Å². The second-order valence-corrected chi connectivity index (χ2v) is 10.9. The molecule has 0 heterocycles. The Morgan fingerprint density at radius 2 is 1.18 bits per heavy atom. The van der Waals surface area contributed by atoms with Crippen LogP contribution in [0.2, 0.25) is 0 Å². The molecule has 0 aromatic carbocycles. The van der Waals surface area contributed by atoms with Crippen molar-refractivity contribution in [3.05, 3.63) is 58.2 Å². The summed E-state index contributed by atoms with van der Waals surface area (Å²) in [6.07, 6.45) is 20.4. The van der Waals surface area contributed by atoms with E-state index < -0.39 is 0 Å². The topological polar surface area (TPSA) is 26.3 Å². The Labute approximate surface area is 205 Å². The van der Waals surface area contributed by atoms with Crippen molar-refractivity contribution in [1.82, 2.24) is 0 Å². The van der Waals surface area contributed by atoms with E-state index >= 15 is 0 Å². The van der Waals surface area contributed by atoms with Crippen LogP contribution in [0, 0.1) is 17.3 Å². The average molecular weight is 455 g/mol. The Morgan fingerprint density at radius 1 is 0.727 bits per heavy atom. The number of carbonyl (C=O) groups is 1. The third kappa shape index (κ3) is 10.8. The van der Waals surface area contributed by atoms with Crippen LogP contribution in [0.15, 0.2) is 58.2 Å². The van der Waals surface area contributed by atoms with Gasteiger partial charge >= 0.3 is 5.97 Å². The van der Waals surface area contributed by atoms with Crippen LogP contribution in [0.4, 0.5) is 0 Å². The molecule has 0 aliphatic heterocycles. The van der Waals surface area contributed by atoms with E-state index in [-0.39, 0.29) is 17.3 Å². The Hall–Kier alpha value is -1.83. The quantitative estimate of drug-likeness (QED) is 0.193. The van der Waals surface area contributed by atoms with Crippen molar-refractivity contribution in [2.24, 2.45) is 17.3 Å². The summed E-state index contributed by atoms with van der Waals surface area (Å²) < 4.78 is 5.15. The molecule has 0 bridgehead atoms. The van der Waals surface area contributed by atoms with Crippen LogP contribution in [-0.4, -0.2) is 13.1 Å². The van der Waals surface area contributed by atoms with Crippen molar-refractivity contribution in [2.45, 2.75) is 107 Å². The molecule has 3 atom stereocenters. The fraction of sp³-hybridized carbons (Fsp3) is 0.645. The van der Waals surface area contributed by atoms with Gasteiger partial charge in [-0.05, 0) is 111 Å². The lowest BCUT2D eigenvalue weighted by Gasteiger charge is -2.10. The largest absolute Gasteiger partial charge is 0.469 e. The first-order valence-corrected chi connectivity index (χ1v) is 12.8. The molecule has 0 aromatic rings. The molecule has 0 N–H and O–H groups in total. The van der Waals surface area contributed by atoms with Gasteiger partial charge in [-0.25, -0.2) is 0 Å². The molecule has 33 heavy (non-hydrogen) atoms. The molecule has 2 nitrogen and oxygen atoms in total. The van der Waals surface area contributed by atoms with Gasteiger partial charge in [-0.2, -0.15) is 0 Å². The normalized spacial score (nSPS) is 23.2. The third-order valence-electron chi connectivity index (χ3n) is 7.03. The second kappa shape index (κ2) is 14.4. The summed E-state index contributed by atoms with van der Waals surface area (Å²) in [6.45, 7) is 17.6. The lowest BCUT2D eigenvalue weighted by atomic mass is 9.95.